The molecule has 0 heterocycles. The summed E-state index contributed by atoms with van der Waals surface area (Å²) >= 11 is 0. The Kier molecular flexibility index (Phi) is 12.1. The van der Waals surface area contributed by atoms with E-state index < -0.39 is 11.7 Å². The van der Waals surface area contributed by atoms with Gasteiger partial charge in [0.15, 0.2) is 0 Å². The van der Waals surface area contributed by atoms with Crippen molar-refractivity contribution >= 4 is 29.1 Å². The van der Waals surface area contributed by atoms with Gasteiger partial charge < -0.3 is 25.2 Å². The van der Waals surface area contributed by atoms with E-state index in [9.17, 15) is 22.8 Å². The third-order valence-electron chi connectivity index (χ3n) is 5.82. The summed E-state index contributed by atoms with van der Waals surface area (Å²) in [7, 11) is 1.74. The van der Waals surface area contributed by atoms with Crippen LogP contribution in [-0.4, -0.2) is 39.0 Å². The molecule has 0 aliphatic rings. The minimum atomic E-state index is -4.41. The molecule has 7 nitrogen and oxygen atoms in total. The number of aldehydes is 1. The molecule has 10 heteroatoms. The summed E-state index contributed by atoms with van der Waals surface area (Å²) in [6, 6.07) is 10.0. The number of halogens is 3. The quantitative estimate of drug-likeness (QED) is 0.129. The second-order valence-corrected chi connectivity index (χ2v) is 8.57. The first kappa shape index (κ1) is 29.9. The van der Waals surface area contributed by atoms with Crippen molar-refractivity contribution in [2.75, 3.05) is 31.7 Å². The van der Waals surface area contributed by atoms with Crippen molar-refractivity contribution < 1.29 is 27.5 Å². The van der Waals surface area contributed by atoms with Crippen LogP contribution in [0.3, 0.4) is 0 Å². The average molecular weight is 521 g/mol. The number of nitrogens with two attached hydrogens (primary N) is 1. The van der Waals surface area contributed by atoms with E-state index in [2.05, 4.69) is 10.7 Å². The van der Waals surface area contributed by atoms with Gasteiger partial charge in [-0.3, -0.25) is 10.6 Å². The predicted octanol–water partition coefficient (Wildman–Crippen LogP) is 5.19. The van der Waals surface area contributed by atoms with Gasteiger partial charge in [0.25, 0.3) is 5.91 Å². The summed E-state index contributed by atoms with van der Waals surface area (Å²) < 4.78 is 44.4. The van der Waals surface area contributed by atoms with Gasteiger partial charge in [0.2, 0.25) is 0 Å². The topological polar surface area (TPSA) is 96.7 Å². The van der Waals surface area contributed by atoms with E-state index in [1.165, 1.54) is 12.1 Å². The number of hydrogen-bond donors (Lipinski definition) is 3. The fourth-order valence-corrected chi connectivity index (χ4v) is 3.73. The first-order valence-corrected chi connectivity index (χ1v) is 12.2. The first-order chi connectivity index (χ1) is 17.7. The fraction of sp³-hybridized carbons (Fsp3) is 0.407. The van der Waals surface area contributed by atoms with Crippen LogP contribution in [0.25, 0.3) is 5.57 Å². The Hall–Kier alpha value is -3.37. The van der Waals surface area contributed by atoms with Crippen molar-refractivity contribution in [3.63, 3.8) is 0 Å². The van der Waals surface area contributed by atoms with Gasteiger partial charge in [0.05, 0.1) is 12.2 Å². The van der Waals surface area contributed by atoms with E-state index in [1.807, 2.05) is 6.92 Å². The molecule has 202 valence electrons. The van der Waals surface area contributed by atoms with Crippen LogP contribution in [0.4, 0.5) is 24.5 Å². The maximum atomic E-state index is 12.9. The van der Waals surface area contributed by atoms with Crippen LogP contribution in [0, 0.1) is 0 Å². The third kappa shape index (κ3) is 9.55. The number of nitrogens with zero attached hydrogens (tertiary/aromatic N) is 1. The van der Waals surface area contributed by atoms with E-state index >= 15 is 0 Å². The zero-order valence-electron chi connectivity index (χ0n) is 21.2. The van der Waals surface area contributed by atoms with Crippen molar-refractivity contribution in [1.82, 2.24) is 10.7 Å². The largest absolute Gasteiger partial charge is 0.416 e. The van der Waals surface area contributed by atoms with Gasteiger partial charge >= 0.3 is 6.18 Å². The molecule has 0 aliphatic heterocycles. The summed E-state index contributed by atoms with van der Waals surface area (Å²) in [6.45, 7) is 3.15. The number of carbonyl (C=O) groups is 2. The normalized spacial score (nSPS) is 11.8. The number of amides is 1. The lowest BCUT2D eigenvalue weighted by Gasteiger charge is -2.24. The predicted molar refractivity (Wildman–Crippen MR) is 139 cm³/mol. The number of alkyl halides is 3. The van der Waals surface area contributed by atoms with Crippen LogP contribution < -0.4 is 21.5 Å². The molecule has 2 rings (SSSR count). The summed E-state index contributed by atoms with van der Waals surface area (Å²) in [5.41, 5.74) is 4.87. The molecule has 0 aromatic heterocycles. The Morgan fingerprint density at radius 3 is 2.41 bits per heavy atom. The minimum absolute atomic E-state index is 0.268. The summed E-state index contributed by atoms with van der Waals surface area (Å²) in [5.74, 6) is 5.18. The molecule has 2 aromatic carbocycles. The Morgan fingerprint density at radius 1 is 1.05 bits per heavy atom. The Morgan fingerprint density at radius 2 is 1.76 bits per heavy atom. The van der Waals surface area contributed by atoms with Gasteiger partial charge in [-0.15, -0.1) is 0 Å². The molecule has 0 unspecified atom stereocenters. The molecular formula is C27H35F3N4O3. The number of carbonyl (C=O) groups excluding carboxylic acids is 2. The van der Waals surface area contributed by atoms with Crippen LogP contribution >= 0.6 is 0 Å². The number of hydrazine groups is 1. The molecule has 0 spiro atoms. The molecule has 0 aliphatic carbocycles. The number of hydrogen-bond acceptors (Lipinski definition) is 6. The molecule has 0 atom stereocenters. The van der Waals surface area contributed by atoms with Gasteiger partial charge in [0, 0.05) is 55.3 Å². The Balaban J connectivity index is 2.03. The highest BCUT2D eigenvalue weighted by Gasteiger charge is 2.30. The molecule has 0 fully saturated rings. The molecular weight excluding hydrogens is 485 g/mol. The third-order valence-corrected chi connectivity index (χ3v) is 5.82. The molecule has 1 amide bonds. The summed E-state index contributed by atoms with van der Waals surface area (Å²) in [5, 5.41) is 2.83. The van der Waals surface area contributed by atoms with Crippen LogP contribution in [-0.2, 0) is 15.7 Å². The number of ether oxygens (including phenoxy) is 1. The number of nitrogens with one attached hydrogen (secondary N) is 2. The zero-order valence-corrected chi connectivity index (χ0v) is 21.2. The molecule has 37 heavy (non-hydrogen) atoms. The van der Waals surface area contributed by atoms with Crippen LogP contribution in [0.15, 0.2) is 48.7 Å². The van der Waals surface area contributed by atoms with Gasteiger partial charge in [-0.05, 0) is 67.8 Å². The Bertz CT molecular complexity index is 1040. The van der Waals surface area contributed by atoms with E-state index in [1.54, 1.807) is 36.3 Å². The number of rotatable bonds is 15. The molecule has 0 saturated heterocycles. The van der Waals surface area contributed by atoms with Crippen molar-refractivity contribution in [3.8, 4) is 0 Å². The molecule has 0 radical (unpaired) electrons. The molecule has 0 saturated carbocycles. The lowest BCUT2D eigenvalue weighted by Crippen LogP contribution is -2.27. The molecule has 0 bridgehead atoms. The zero-order chi connectivity index (χ0) is 27.3. The van der Waals surface area contributed by atoms with Crippen LogP contribution in [0.5, 0.6) is 0 Å². The van der Waals surface area contributed by atoms with Gasteiger partial charge in [0.1, 0.15) is 6.29 Å². The SMILES string of the molecule is C/C(=C\NN)c1cc(C(=O)NCCOCCCCCCC=O)ccc1N(C)c1ccc(C(F)(F)F)cc1. The maximum Gasteiger partial charge on any atom is 0.416 e. The van der Waals surface area contributed by atoms with Crippen LogP contribution in [0.2, 0.25) is 0 Å². The number of unbranched alkanes of at least 4 members (excludes halogenated alkanes) is 4. The minimum Gasteiger partial charge on any atom is -0.380 e. The smallest absolute Gasteiger partial charge is 0.380 e. The average Bonchev–Trinajstić information content (AvgIpc) is 2.88. The highest BCUT2D eigenvalue weighted by molar-refractivity contribution is 5.96. The van der Waals surface area contributed by atoms with E-state index in [4.69, 9.17) is 10.6 Å². The Labute approximate surface area is 215 Å². The van der Waals surface area contributed by atoms with Crippen molar-refractivity contribution in [3.05, 3.63) is 65.4 Å². The summed E-state index contributed by atoms with van der Waals surface area (Å²) in [6.07, 6.45) is 2.50. The van der Waals surface area contributed by atoms with Crippen molar-refractivity contribution in [2.45, 2.75) is 45.2 Å². The standard InChI is InChI=1S/C27H35F3N4O3/c1-20(19-33-31)24-18-21(26(36)32-14-17-37-16-7-5-3-4-6-15-35)8-13-25(24)34(2)23-11-9-22(10-12-23)27(28,29)30/h8-13,15,18-19,33H,3-7,14,16-17,31H2,1-2H3,(H,32,36)/b20-19+. The lowest BCUT2D eigenvalue weighted by molar-refractivity contribution is -0.137. The maximum absolute atomic E-state index is 12.9. The van der Waals surface area contributed by atoms with Gasteiger partial charge in [-0.2, -0.15) is 13.2 Å². The second kappa shape index (κ2) is 15.0. The molecule has 2 aromatic rings. The van der Waals surface area contributed by atoms with E-state index in [0.717, 1.165) is 49.7 Å². The van der Waals surface area contributed by atoms with Crippen LogP contribution in [0.1, 0.15) is 60.5 Å². The van der Waals surface area contributed by atoms with E-state index in [-0.39, 0.29) is 5.91 Å². The lowest BCUT2D eigenvalue weighted by atomic mass is 10.0. The number of allylic oxidation sites excluding steroid dienone is 1. The first-order valence-electron chi connectivity index (χ1n) is 12.2. The highest BCUT2D eigenvalue weighted by atomic mass is 19.4. The number of benzene rings is 2. The molecule has 4 N–H and O–H groups in total. The monoisotopic (exact) mass is 520 g/mol. The highest BCUT2D eigenvalue weighted by Crippen LogP contribution is 2.34. The van der Waals surface area contributed by atoms with Gasteiger partial charge in [-0.1, -0.05) is 12.8 Å². The fourth-order valence-electron chi connectivity index (χ4n) is 3.73. The number of anilines is 2. The van der Waals surface area contributed by atoms with E-state index in [0.29, 0.717) is 48.7 Å². The summed E-state index contributed by atoms with van der Waals surface area (Å²) in [4.78, 5) is 24.8. The van der Waals surface area contributed by atoms with Crippen molar-refractivity contribution in [1.29, 1.82) is 0 Å². The van der Waals surface area contributed by atoms with Crippen molar-refractivity contribution in [2.24, 2.45) is 5.84 Å². The van der Waals surface area contributed by atoms with Gasteiger partial charge in [-0.25, -0.2) is 0 Å². The second-order valence-electron chi connectivity index (χ2n) is 8.57.